The first-order valence-corrected chi connectivity index (χ1v) is 16.4. The zero-order chi connectivity index (χ0) is 31.7. The molecular formula is C24H28I4N6O8. The topological polar surface area (TPSA) is 249 Å². The predicted molar refractivity (Wildman–Crippen MR) is 189 cm³/mol. The van der Waals surface area contributed by atoms with E-state index < -0.39 is 23.6 Å². The van der Waals surface area contributed by atoms with E-state index in [-0.39, 0.29) is 112 Å². The number of hydrogen-bond donors (Lipinski definition) is 10. The van der Waals surface area contributed by atoms with E-state index in [1.165, 1.54) is 0 Å². The van der Waals surface area contributed by atoms with Gasteiger partial charge in [-0.3, -0.25) is 19.2 Å². The molecular weight excluding hydrogens is 1010 g/mol. The fourth-order valence-electron chi connectivity index (χ4n) is 3.80. The lowest BCUT2D eigenvalue weighted by atomic mass is 9.88. The summed E-state index contributed by atoms with van der Waals surface area (Å²) in [5.41, 5.74) is 13.0. The first-order valence-electron chi connectivity index (χ1n) is 12.1. The molecule has 0 heterocycles. The number of halogens is 4. The first kappa shape index (κ1) is 36.9. The van der Waals surface area contributed by atoms with Crippen LogP contribution in [0.25, 0.3) is 11.1 Å². The minimum Gasteiger partial charge on any atom is -0.397 e. The van der Waals surface area contributed by atoms with Crippen LogP contribution < -0.4 is 32.7 Å². The smallest absolute Gasteiger partial charge is 0.253 e. The van der Waals surface area contributed by atoms with E-state index >= 15 is 0 Å². The first-order chi connectivity index (χ1) is 19.9. The van der Waals surface area contributed by atoms with Gasteiger partial charge in [0.1, 0.15) is 0 Å². The van der Waals surface area contributed by atoms with Gasteiger partial charge >= 0.3 is 0 Å². The number of aliphatic hydroxyl groups excluding tert-OH is 4. The van der Waals surface area contributed by atoms with Crippen LogP contribution in [0.15, 0.2) is 0 Å². The molecule has 0 unspecified atom stereocenters. The lowest BCUT2D eigenvalue weighted by molar-refractivity contribution is 0.0926. The summed E-state index contributed by atoms with van der Waals surface area (Å²) in [4.78, 5) is 53.3. The van der Waals surface area contributed by atoms with Gasteiger partial charge in [0.05, 0.1) is 67.2 Å². The lowest BCUT2D eigenvalue weighted by Gasteiger charge is -2.25. The number of aliphatic hydroxyl groups is 4. The third-order valence-electron chi connectivity index (χ3n) is 5.58. The fraction of sp³-hybridized carbons (Fsp3) is 0.333. The Morgan fingerprint density at radius 1 is 0.476 bits per heavy atom. The van der Waals surface area contributed by atoms with Gasteiger partial charge in [0, 0.05) is 44.4 Å². The molecule has 2 rings (SSSR count). The van der Waals surface area contributed by atoms with Crippen LogP contribution in [0.5, 0.6) is 0 Å². The Labute approximate surface area is 295 Å². The van der Waals surface area contributed by atoms with Gasteiger partial charge in [-0.15, -0.1) is 0 Å². The second-order valence-electron chi connectivity index (χ2n) is 8.25. The molecule has 0 aromatic heterocycles. The van der Waals surface area contributed by atoms with E-state index in [0.29, 0.717) is 0 Å². The Morgan fingerprint density at radius 2 is 0.714 bits per heavy atom. The maximum Gasteiger partial charge on any atom is 0.253 e. The standard InChI is InChI=1S/C24H28I4N6O8/c25-15-11(21(39)31-1-5-35)9(19(29)17(27)13(15)23(41)33-3-7-37)10-12(22(40)32-2-6-36)16(26)14(18(28)20(10)30)24(42)34-4-8-38/h35-38H,1-8,29-30H2,(H,31,39)(H,32,40)(H,33,41)(H,34,42). The molecule has 42 heavy (non-hydrogen) atoms. The molecule has 2 aromatic rings. The van der Waals surface area contributed by atoms with Crippen LogP contribution in [-0.4, -0.2) is 96.7 Å². The van der Waals surface area contributed by atoms with Gasteiger partial charge in [0.15, 0.2) is 0 Å². The highest BCUT2D eigenvalue weighted by atomic mass is 127. The van der Waals surface area contributed by atoms with E-state index in [0.717, 1.165) is 0 Å². The van der Waals surface area contributed by atoms with Crippen LogP contribution in [-0.2, 0) is 0 Å². The van der Waals surface area contributed by atoms with Crippen LogP contribution in [0.2, 0.25) is 0 Å². The Kier molecular flexibility index (Phi) is 15.1. The molecule has 0 radical (unpaired) electrons. The highest BCUT2D eigenvalue weighted by Crippen LogP contribution is 2.46. The largest absolute Gasteiger partial charge is 0.397 e. The zero-order valence-corrected chi connectivity index (χ0v) is 30.4. The molecule has 2 aromatic carbocycles. The molecule has 14 nitrogen and oxygen atoms in total. The Balaban J connectivity index is 3.15. The summed E-state index contributed by atoms with van der Waals surface area (Å²) in [5.74, 6) is -2.67. The summed E-state index contributed by atoms with van der Waals surface area (Å²) < 4.78 is 0.778. The van der Waals surface area contributed by atoms with Crippen molar-refractivity contribution in [3.8, 4) is 11.1 Å². The SMILES string of the molecule is Nc1c(I)c(C(=O)NCCO)c(I)c(C(=O)NCCO)c1-c1c(N)c(I)c(C(=O)NCCO)c(I)c1C(=O)NCCO. The predicted octanol–water partition coefficient (Wildman–Crippen LogP) is -0.175. The highest BCUT2D eigenvalue weighted by Gasteiger charge is 2.35. The Bertz CT molecular complexity index is 1290. The van der Waals surface area contributed by atoms with Gasteiger partial charge in [-0.2, -0.15) is 0 Å². The maximum atomic E-state index is 13.6. The molecule has 0 aliphatic carbocycles. The number of nitrogen functional groups attached to an aromatic ring is 2. The normalized spacial score (nSPS) is 10.8. The number of benzene rings is 2. The van der Waals surface area contributed by atoms with Crippen molar-refractivity contribution in [1.82, 2.24) is 21.3 Å². The molecule has 18 heteroatoms. The number of carbonyl (C=O) groups excluding carboxylic acids is 4. The van der Waals surface area contributed by atoms with Gasteiger partial charge in [0.25, 0.3) is 23.6 Å². The summed E-state index contributed by atoms with van der Waals surface area (Å²) in [7, 11) is 0. The summed E-state index contributed by atoms with van der Waals surface area (Å²) in [6.07, 6.45) is 0. The molecule has 230 valence electrons. The number of hydrogen-bond acceptors (Lipinski definition) is 10. The highest BCUT2D eigenvalue weighted by molar-refractivity contribution is 14.1. The maximum absolute atomic E-state index is 13.6. The van der Waals surface area contributed by atoms with E-state index in [1.807, 2.05) is 90.4 Å². The average Bonchev–Trinajstić information content (AvgIpc) is 2.96. The van der Waals surface area contributed by atoms with Crippen molar-refractivity contribution in [3.05, 3.63) is 36.5 Å². The third kappa shape index (κ3) is 8.03. The summed E-state index contributed by atoms with van der Waals surface area (Å²) in [6, 6.07) is 0. The van der Waals surface area contributed by atoms with Crippen LogP contribution in [0.4, 0.5) is 11.4 Å². The summed E-state index contributed by atoms with van der Waals surface area (Å²) in [6.45, 7) is -1.80. The Morgan fingerprint density at radius 3 is 0.952 bits per heavy atom. The van der Waals surface area contributed by atoms with Gasteiger partial charge in [0.2, 0.25) is 0 Å². The fourth-order valence-corrected chi connectivity index (χ4v) is 8.46. The van der Waals surface area contributed by atoms with Crippen molar-refractivity contribution >= 4 is 125 Å². The van der Waals surface area contributed by atoms with Crippen molar-refractivity contribution < 1.29 is 39.6 Å². The van der Waals surface area contributed by atoms with E-state index in [1.54, 1.807) is 0 Å². The quantitative estimate of drug-likeness (QED) is 0.0938. The third-order valence-corrected chi connectivity index (χ3v) is 9.97. The molecule has 0 bridgehead atoms. The van der Waals surface area contributed by atoms with Crippen molar-refractivity contribution in [2.45, 2.75) is 0 Å². The molecule has 0 aliphatic rings. The number of carbonyl (C=O) groups is 4. The van der Waals surface area contributed by atoms with Gasteiger partial charge < -0.3 is 53.2 Å². The summed E-state index contributed by atoms with van der Waals surface area (Å²) >= 11 is 7.30. The van der Waals surface area contributed by atoms with E-state index in [2.05, 4.69) is 21.3 Å². The van der Waals surface area contributed by atoms with Crippen molar-refractivity contribution in [3.63, 3.8) is 0 Å². The van der Waals surface area contributed by atoms with Crippen LogP contribution in [0.3, 0.4) is 0 Å². The molecule has 0 saturated carbocycles. The summed E-state index contributed by atoms with van der Waals surface area (Å²) in [5, 5.41) is 47.2. The zero-order valence-electron chi connectivity index (χ0n) is 21.7. The van der Waals surface area contributed by atoms with Gasteiger partial charge in [-0.25, -0.2) is 0 Å². The molecule has 0 atom stereocenters. The molecule has 4 amide bonds. The number of amides is 4. The molecule has 0 saturated heterocycles. The van der Waals surface area contributed by atoms with E-state index in [4.69, 9.17) is 11.5 Å². The number of nitrogens with two attached hydrogens (primary N) is 2. The van der Waals surface area contributed by atoms with Crippen LogP contribution in [0, 0.1) is 14.3 Å². The van der Waals surface area contributed by atoms with Crippen LogP contribution >= 0.6 is 90.4 Å². The second-order valence-corrected chi connectivity index (χ2v) is 12.6. The average molecular weight is 1040 g/mol. The Hall–Kier alpha value is -1.32. The second kappa shape index (κ2) is 17.2. The van der Waals surface area contributed by atoms with Crippen LogP contribution in [0.1, 0.15) is 41.4 Å². The lowest BCUT2D eigenvalue weighted by Crippen LogP contribution is -2.33. The number of rotatable bonds is 13. The van der Waals surface area contributed by atoms with Crippen molar-refractivity contribution in [2.75, 3.05) is 64.1 Å². The number of anilines is 2. The van der Waals surface area contributed by atoms with E-state index in [9.17, 15) is 39.6 Å². The van der Waals surface area contributed by atoms with Gasteiger partial charge in [-0.05, 0) is 90.4 Å². The molecule has 0 fully saturated rings. The monoisotopic (exact) mass is 1040 g/mol. The molecule has 0 aliphatic heterocycles. The van der Waals surface area contributed by atoms with Crippen molar-refractivity contribution in [1.29, 1.82) is 0 Å². The minimum atomic E-state index is -0.723. The molecule has 12 N–H and O–H groups in total. The van der Waals surface area contributed by atoms with Crippen molar-refractivity contribution in [2.24, 2.45) is 0 Å². The van der Waals surface area contributed by atoms with Gasteiger partial charge in [-0.1, -0.05) is 0 Å². The number of nitrogens with one attached hydrogen (secondary N) is 4. The minimum absolute atomic E-state index is 0.0164. The molecule has 0 spiro atoms.